The van der Waals surface area contributed by atoms with E-state index in [0.29, 0.717) is 11.8 Å². The van der Waals surface area contributed by atoms with Crippen molar-refractivity contribution in [3.05, 3.63) is 23.0 Å². The van der Waals surface area contributed by atoms with Crippen LogP contribution in [-0.2, 0) is 0 Å². The Morgan fingerprint density at radius 1 is 1.58 bits per heavy atom. The molecule has 0 saturated carbocycles. The van der Waals surface area contributed by atoms with E-state index in [-0.39, 0.29) is 15.7 Å². The van der Waals surface area contributed by atoms with Crippen molar-refractivity contribution in [2.45, 2.75) is 4.90 Å². The van der Waals surface area contributed by atoms with Gasteiger partial charge in [0.15, 0.2) is 0 Å². The number of hydrogen-bond donors (Lipinski definition) is 1. The third-order valence-electron chi connectivity index (χ3n) is 1.15. The van der Waals surface area contributed by atoms with E-state index in [1.165, 1.54) is 0 Å². The lowest BCUT2D eigenvalue weighted by molar-refractivity contribution is 0.459. The van der Waals surface area contributed by atoms with Crippen molar-refractivity contribution in [3.8, 4) is 11.2 Å². The molecule has 0 atom stereocenters. The van der Waals surface area contributed by atoms with Gasteiger partial charge in [0.25, 0.3) is 0 Å². The highest BCUT2D eigenvalue weighted by molar-refractivity contribution is 8.03. The first kappa shape index (κ1) is 9.17. The fourth-order valence-electron chi connectivity index (χ4n) is 0.669. The number of halogens is 2. The molecule has 1 N–H and O–H groups in total. The zero-order chi connectivity index (χ0) is 9.14. The second-order valence-electron chi connectivity index (χ2n) is 1.93. The van der Waals surface area contributed by atoms with E-state index in [1.807, 2.05) is 0 Å². The van der Waals surface area contributed by atoms with Gasteiger partial charge >= 0.3 is 0 Å². The van der Waals surface area contributed by atoms with Gasteiger partial charge < -0.3 is 5.11 Å². The fourth-order valence-corrected chi connectivity index (χ4v) is 1.41. The number of aromatic hydroxyl groups is 1. The number of rotatable bonds is 1. The van der Waals surface area contributed by atoms with Crippen LogP contribution in [-0.4, -0.2) is 5.11 Å². The molecule has 1 aromatic rings. The van der Waals surface area contributed by atoms with E-state index in [4.69, 9.17) is 16.9 Å². The molecular formula is C7H3ClFNOS. The van der Waals surface area contributed by atoms with E-state index in [1.54, 1.807) is 5.40 Å². The summed E-state index contributed by atoms with van der Waals surface area (Å²) in [6, 6.07) is 2.04. The molecule has 0 aromatic heterocycles. The van der Waals surface area contributed by atoms with Crippen molar-refractivity contribution in [1.82, 2.24) is 0 Å². The van der Waals surface area contributed by atoms with Crippen molar-refractivity contribution in [1.29, 1.82) is 5.26 Å². The summed E-state index contributed by atoms with van der Waals surface area (Å²) in [4.78, 5) is 0.127. The van der Waals surface area contributed by atoms with Crippen molar-refractivity contribution in [3.63, 3.8) is 0 Å². The minimum atomic E-state index is -0.574. The van der Waals surface area contributed by atoms with Gasteiger partial charge in [-0.05, 0) is 23.9 Å². The SMILES string of the molecule is N#CSc1cc(F)cc(Cl)c1O. The van der Waals surface area contributed by atoms with Crippen LogP contribution in [0.2, 0.25) is 5.02 Å². The zero-order valence-electron chi connectivity index (χ0n) is 5.71. The zero-order valence-corrected chi connectivity index (χ0v) is 7.29. The lowest BCUT2D eigenvalue weighted by atomic mass is 10.3. The first-order valence-electron chi connectivity index (χ1n) is 2.89. The van der Waals surface area contributed by atoms with Crippen LogP contribution in [0.4, 0.5) is 4.39 Å². The molecule has 0 aliphatic rings. The first-order valence-corrected chi connectivity index (χ1v) is 4.08. The smallest absolute Gasteiger partial charge is 0.148 e. The monoisotopic (exact) mass is 203 g/mol. The summed E-state index contributed by atoms with van der Waals surface area (Å²) in [6.45, 7) is 0. The fraction of sp³-hybridized carbons (Fsp3) is 0. The van der Waals surface area contributed by atoms with Gasteiger partial charge in [0.2, 0.25) is 0 Å². The molecule has 0 saturated heterocycles. The normalized spacial score (nSPS) is 9.42. The minimum Gasteiger partial charge on any atom is -0.505 e. The molecule has 2 nitrogen and oxygen atoms in total. The van der Waals surface area contributed by atoms with E-state index < -0.39 is 5.82 Å². The van der Waals surface area contributed by atoms with Crippen LogP contribution >= 0.6 is 23.4 Å². The van der Waals surface area contributed by atoms with Crippen molar-refractivity contribution >= 4 is 23.4 Å². The highest BCUT2D eigenvalue weighted by Crippen LogP contribution is 2.34. The van der Waals surface area contributed by atoms with Gasteiger partial charge in [-0.1, -0.05) is 11.6 Å². The number of hydrogen-bond acceptors (Lipinski definition) is 3. The van der Waals surface area contributed by atoms with Gasteiger partial charge in [-0.15, -0.1) is 0 Å². The van der Waals surface area contributed by atoms with Gasteiger partial charge in [0, 0.05) is 0 Å². The molecule has 0 fully saturated rings. The molecule has 62 valence electrons. The Morgan fingerprint density at radius 3 is 2.83 bits per heavy atom. The number of phenols is 1. The Bertz CT molecular complexity index is 350. The van der Waals surface area contributed by atoms with Gasteiger partial charge in [0.1, 0.15) is 17.0 Å². The molecule has 1 rings (SSSR count). The third kappa shape index (κ3) is 1.81. The lowest BCUT2D eigenvalue weighted by Gasteiger charge is -2.00. The van der Waals surface area contributed by atoms with E-state index in [2.05, 4.69) is 0 Å². The molecule has 0 aliphatic heterocycles. The molecule has 0 amide bonds. The Hall–Kier alpha value is -0.920. The predicted octanol–water partition coefficient (Wildman–Crippen LogP) is 2.76. The van der Waals surface area contributed by atoms with Crippen LogP contribution in [0.5, 0.6) is 5.75 Å². The molecule has 0 aliphatic carbocycles. The largest absolute Gasteiger partial charge is 0.505 e. The Labute approximate surface area is 77.6 Å². The summed E-state index contributed by atoms with van der Waals surface area (Å²) in [5.74, 6) is -0.833. The average Bonchev–Trinajstić information content (AvgIpc) is 2.00. The quantitative estimate of drug-likeness (QED) is 0.564. The highest BCUT2D eigenvalue weighted by atomic mass is 35.5. The maximum absolute atomic E-state index is 12.6. The number of nitrogens with zero attached hydrogens (tertiary/aromatic N) is 1. The van der Waals surface area contributed by atoms with Crippen LogP contribution in [0.3, 0.4) is 0 Å². The summed E-state index contributed by atoms with van der Waals surface area (Å²) in [5.41, 5.74) is 0. The molecule has 5 heteroatoms. The van der Waals surface area contributed by atoms with E-state index >= 15 is 0 Å². The summed E-state index contributed by atoms with van der Waals surface area (Å²) in [6.07, 6.45) is 0. The number of thioether (sulfide) groups is 1. The summed E-state index contributed by atoms with van der Waals surface area (Å²) in [7, 11) is 0. The lowest BCUT2D eigenvalue weighted by Crippen LogP contribution is -1.78. The summed E-state index contributed by atoms with van der Waals surface area (Å²) >= 11 is 6.10. The molecule has 12 heavy (non-hydrogen) atoms. The second kappa shape index (κ2) is 3.65. The molecule has 0 radical (unpaired) electrons. The Balaban J connectivity index is 3.20. The summed E-state index contributed by atoms with van der Waals surface area (Å²) < 4.78 is 12.6. The van der Waals surface area contributed by atoms with Crippen LogP contribution in [0.15, 0.2) is 17.0 Å². The Morgan fingerprint density at radius 2 is 2.25 bits per heavy atom. The summed E-state index contributed by atoms with van der Waals surface area (Å²) in [5, 5.41) is 19.1. The van der Waals surface area contributed by atoms with Crippen molar-refractivity contribution < 1.29 is 9.50 Å². The number of phenolic OH excluding ortho intramolecular Hbond substituents is 1. The van der Waals surface area contributed by atoms with Crippen LogP contribution < -0.4 is 0 Å². The maximum atomic E-state index is 12.6. The molecule has 0 heterocycles. The van der Waals surface area contributed by atoms with E-state index in [9.17, 15) is 9.50 Å². The number of nitriles is 1. The highest BCUT2D eigenvalue weighted by Gasteiger charge is 2.08. The Kier molecular flexibility index (Phi) is 2.79. The average molecular weight is 204 g/mol. The van der Waals surface area contributed by atoms with Crippen LogP contribution in [0.1, 0.15) is 0 Å². The molecule has 1 aromatic carbocycles. The topological polar surface area (TPSA) is 44.0 Å². The number of benzene rings is 1. The van der Waals surface area contributed by atoms with Gasteiger partial charge in [-0.2, -0.15) is 5.26 Å². The first-order chi connectivity index (χ1) is 5.65. The maximum Gasteiger partial charge on any atom is 0.148 e. The number of thiocyanates is 1. The second-order valence-corrected chi connectivity index (χ2v) is 3.16. The van der Waals surface area contributed by atoms with Crippen molar-refractivity contribution in [2.75, 3.05) is 0 Å². The van der Waals surface area contributed by atoms with E-state index in [0.717, 1.165) is 12.1 Å². The molecule has 0 spiro atoms. The minimum absolute atomic E-state index is 0.0900. The van der Waals surface area contributed by atoms with Crippen molar-refractivity contribution in [2.24, 2.45) is 0 Å². The van der Waals surface area contributed by atoms with Crippen LogP contribution in [0.25, 0.3) is 0 Å². The van der Waals surface area contributed by atoms with Gasteiger partial charge in [0.05, 0.1) is 9.92 Å². The molecular weight excluding hydrogens is 201 g/mol. The molecule has 0 bridgehead atoms. The van der Waals surface area contributed by atoms with Gasteiger partial charge in [-0.3, -0.25) is 0 Å². The molecule has 0 unspecified atom stereocenters. The standard InChI is InChI=1S/C7H3ClFNOS/c8-5-1-4(9)2-6(7(5)11)12-3-10/h1-2,11H. The predicted molar refractivity (Wildman–Crippen MR) is 44.5 cm³/mol. The van der Waals surface area contributed by atoms with Gasteiger partial charge in [-0.25, -0.2) is 4.39 Å². The third-order valence-corrected chi connectivity index (χ3v) is 2.06. The van der Waals surface area contributed by atoms with Crippen LogP contribution in [0, 0.1) is 16.5 Å².